The smallest absolute Gasteiger partial charge is 0.273 e. The molecule has 0 bridgehead atoms. The normalized spacial score (nSPS) is 12.7. The number of benzene rings is 1. The first-order chi connectivity index (χ1) is 13.7. The monoisotopic (exact) mass is 376 g/mol. The number of carbonyl (C=O) groups is 1. The van der Waals surface area contributed by atoms with Crippen LogP contribution >= 0.6 is 11.6 Å². The second kappa shape index (κ2) is 7.40. The van der Waals surface area contributed by atoms with Gasteiger partial charge in [0.1, 0.15) is 5.82 Å². The van der Waals surface area contributed by atoms with Gasteiger partial charge in [-0.1, -0.05) is 17.7 Å². The van der Waals surface area contributed by atoms with Gasteiger partial charge in [0.2, 0.25) is 0 Å². The molecule has 0 fully saturated rings. The molecular formula is C17H16ClN5O3. The number of fused-ring (bicyclic) bond motifs is 1. The van der Waals surface area contributed by atoms with Crippen LogP contribution in [0.4, 0.5) is 11.5 Å². The number of methoxy groups -OCH3 is 2. The third kappa shape index (κ3) is 3.18. The molecule has 0 aliphatic heterocycles. The molecule has 26 heavy (non-hydrogen) atoms. The van der Waals surface area contributed by atoms with E-state index < -0.39 is 12.9 Å². The van der Waals surface area contributed by atoms with E-state index in [1.54, 1.807) is 18.3 Å². The highest BCUT2D eigenvalue weighted by Crippen LogP contribution is 2.39. The summed E-state index contributed by atoms with van der Waals surface area (Å²) >= 11 is 5.92. The molecule has 1 amide bonds. The molecule has 3 aromatic rings. The second-order valence-corrected chi connectivity index (χ2v) is 5.45. The van der Waals surface area contributed by atoms with Crippen molar-refractivity contribution in [1.29, 1.82) is 0 Å². The maximum Gasteiger partial charge on any atom is 0.273 e. The summed E-state index contributed by atoms with van der Waals surface area (Å²) in [5, 5.41) is 13.6. The fourth-order valence-corrected chi connectivity index (χ4v) is 2.64. The van der Waals surface area contributed by atoms with Gasteiger partial charge < -0.3 is 20.1 Å². The number of aromatic nitrogens is 3. The Morgan fingerprint density at radius 3 is 2.81 bits per heavy atom. The fourth-order valence-electron chi connectivity index (χ4n) is 2.49. The van der Waals surface area contributed by atoms with E-state index in [2.05, 4.69) is 20.5 Å². The van der Waals surface area contributed by atoms with Crippen LogP contribution in [0, 0.1) is 0 Å². The van der Waals surface area contributed by atoms with Crippen molar-refractivity contribution in [2.45, 2.75) is 0 Å². The number of hydrogen-bond acceptors (Lipinski definition) is 7. The van der Waals surface area contributed by atoms with Crippen LogP contribution in [0.1, 0.15) is 14.6 Å². The Balaban J connectivity index is 2.12. The van der Waals surface area contributed by atoms with E-state index >= 15 is 0 Å². The summed E-state index contributed by atoms with van der Waals surface area (Å²) in [7, 11) is 3.01. The van der Waals surface area contributed by atoms with Crippen molar-refractivity contribution >= 4 is 39.8 Å². The first-order valence-corrected chi connectivity index (χ1v) is 7.73. The molecule has 1 aromatic carbocycles. The van der Waals surface area contributed by atoms with Crippen LogP contribution < -0.4 is 20.1 Å². The average molecular weight is 377 g/mol. The topological polar surface area (TPSA) is 98.3 Å². The van der Waals surface area contributed by atoms with Crippen LogP contribution in [0.3, 0.4) is 0 Å². The lowest BCUT2D eigenvalue weighted by Crippen LogP contribution is -2.21. The van der Waals surface area contributed by atoms with Gasteiger partial charge >= 0.3 is 0 Å². The molecule has 0 atom stereocenters. The minimum Gasteiger partial charge on any atom is -0.493 e. The van der Waals surface area contributed by atoms with E-state index in [0.29, 0.717) is 22.7 Å². The molecule has 8 nitrogen and oxygen atoms in total. The van der Waals surface area contributed by atoms with Crippen LogP contribution in [-0.2, 0) is 0 Å². The fraction of sp³-hybridized carbons (Fsp3) is 0.176. The quantitative estimate of drug-likeness (QED) is 0.706. The van der Waals surface area contributed by atoms with Crippen molar-refractivity contribution in [3.05, 3.63) is 41.3 Å². The molecule has 134 valence electrons. The number of hydrogen-bond donors (Lipinski definition) is 2. The van der Waals surface area contributed by atoms with Crippen LogP contribution in [0.25, 0.3) is 10.8 Å². The number of ether oxygens (including phenoxy) is 2. The van der Waals surface area contributed by atoms with Crippen molar-refractivity contribution in [3.63, 3.8) is 0 Å². The largest absolute Gasteiger partial charge is 0.493 e. The van der Waals surface area contributed by atoms with Crippen molar-refractivity contribution in [2.75, 3.05) is 26.5 Å². The molecule has 0 unspecified atom stereocenters. The zero-order chi connectivity index (χ0) is 21.2. The summed E-state index contributed by atoms with van der Waals surface area (Å²) in [6.07, 6.45) is 1.56. The highest BCUT2D eigenvalue weighted by molar-refractivity contribution is 6.29. The van der Waals surface area contributed by atoms with Gasteiger partial charge in [0.15, 0.2) is 22.3 Å². The van der Waals surface area contributed by atoms with E-state index in [9.17, 15) is 4.79 Å². The predicted octanol–water partition coefficient (Wildman–Crippen LogP) is 2.80. The highest BCUT2D eigenvalue weighted by atomic mass is 35.5. The van der Waals surface area contributed by atoms with Gasteiger partial charge in [0.25, 0.3) is 5.91 Å². The van der Waals surface area contributed by atoms with E-state index in [1.165, 1.54) is 20.3 Å². The maximum atomic E-state index is 12.3. The van der Waals surface area contributed by atoms with Crippen LogP contribution in [-0.4, -0.2) is 42.3 Å². The van der Waals surface area contributed by atoms with Gasteiger partial charge in [-0.2, -0.15) is 0 Å². The van der Waals surface area contributed by atoms with Crippen molar-refractivity contribution < 1.29 is 18.4 Å². The van der Waals surface area contributed by atoms with Crippen molar-refractivity contribution in [3.8, 4) is 11.5 Å². The van der Waals surface area contributed by atoms with E-state index in [4.69, 9.17) is 25.2 Å². The SMILES string of the molecule is [2H]C([2H])([2H])NC(=O)c1nnc(Cl)cc1Nc1nccc2ccc(OC)c(OC)c12. The molecule has 2 N–H and O–H groups in total. The molecule has 2 aromatic heterocycles. The van der Waals surface area contributed by atoms with Crippen LogP contribution in [0.2, 0.25) is 5.15 Å². The minimum absolute atomic E-state index is 0.00251. The summed E-state index contributed by atoms with van der Waals surface area (Å²) < 4.78 is 32.5. The minimum atomic E-state index is -2.69. The highest BCUT2D eigenvalue weighted by Gasteiger charge is 2.18. The Labute approximate surface area is 158 Å². The Morgan fingerprint density at radius 2 is 2.08 bits per heavy atom. The summed E-state index contributed by atoms with van der Waals surface area (Å²) in [5.41, 5.74) is -0.136. The average Bonchev–Trinajstić information content (AvgIpc) is 2.65. The number of nitrogens with zero attached hydrogens (tertiary/aromatic N) is 3. The number of rotatable bonds is 5. The lowest BCUT2D eigenvalue weighted by molar-refractivity contribution is 0.0958. The van der Waals surface area contributed by atoms with Crippen LogP contribution in [0.15, 0.2) is 30.5 Å². The van der Waals surface area contributed by atoms with Crippen LogP contribution in [0.5, 0.6) is 11.5 Å². The lowest BCUT2D eigenvalue weighted by atomic mass is 10.1. The van der Waals surface area contributed by atoms with Gasteiger partial charge in [0, 0.05) is 23.4 Å². The molecule has 2 heterocycles. The molecule has 0 saturated heterocycles. The van der Waals surface area contributed by atoms with Gasteiger partial charge in [0.05, 0.1) is 25.3 Å². The van der Waals surface area contributed by atoms with Gasteiger partial charge in [-0.05, 0) is 17.5 Å². The van der Waals surface area contributed by atoms with E-state index in [-0.39, 0.29) is 16.5 Å². The van der Waals surface area contributed by atoms with E-state index in [1.807, 2.05) is 11.4 Å². The number of anilines is 2. The Hall–Kier alpha value is -3.13. The summed E-state index contributed by atoms with van der Waals surface area (Å²) in [5.74, 6) is 0.302. The molecule has 3 rings (SSSR count). The molecule has 9 heteroatoms. The Kier molecular flexibility index (Phi) is 4.01. The lowest BCUT2D eigenvalue weighted by Gasteiger charge is -2.15. The molecule has 0 spiro atoms. The third-order valence-electron chi connectivity index (χ3n) is 3.62. The zero-order valence-corrected chi connectivity index (χ0v) is 14.6. The first kappa shape index (κ1) is 14.1. The van der Waals surface area contributed by atoms with Gasteiger partial charge in [-0.15, -0.1) is 10.2 Å². The maximum absolute atomic E-state index is 12.3. The third-order valence-corrected chi connectivity index (χ3v) is 3.80. The molecule has 0 saturated carbocycles. The molecule has 0 aliphatic rings. The number of carbonyl (C=O) groups excluding carboxylic acids is 1. The Bertz CT molecular complexity index is 1080. The predicted molar refractivity (Wildman–Crippen MR) is 98.6 cm³/mol. The van der Waals surface area contributed by atoms with Gasteiger partial charge in [-0.25, -0.2) is 4.98 Å². The molecule has 0 aliphatic carbocycles. The second-order valence-electron chi connectivity index (χ2n) is 5.07. The van der Waals surface area contributed by atoms with Crippen molar-refractivity contribution in [2.24, 2.45) is 0 Å². The first-order valence-electron chi connectivity index (χ1n) is 8.86. The number of halogens is 1. The van der Waals surface area contributed by atoms with Crippen molar-refractivity contribution in [1.82, 2.24) is 20.5 Å². The summed E-state index contributed by atoms with van der Waals surface area (Å²) in [6.45, 7) is -2.69. The number of nitrogens with one attached hydrogen (secondary N) is 2. The summed E-state index contributed by atoms with van der Waals surface area (Å²) in [6, 6.07) is 6.70. The number of pyridine rings is 1. The molecular weight excluding hydrogens is 358 g/mol. The standard InChI is InChI=1S/C17H16ClN5O3/c1-19-17(24)14-10(8-12(18)22-23-14)21-16-13-9(6-7-20-16)4-5-11(25-2)15(13)26-3/h4-8H,1-3H3,(H,19,24)(H,20,21,22)/i1D3. The number of amides is 1. The van der Waals surface area contributed by atoms with Gasteiger partial charge in [-0.3, -0.25) is 4.79 Å². The Morgan fingerprint density at radius 1 is 1.23 bits per heavy atom. The zero-order valence-electron chi connectivity index (χ0n) is 16.8. The van der Waals surface area contributed by atoms with E-state index in [0.717, 1.165) is 5.39 Å². The molecule has 0 radical (unpaired) electrons. The summed E-state index contributed by atoms with van der Waals surface area (Å²) in [4.78, 5) is 16.7.